The van der Waals surface area contributed by atoms with E-state index in [9.17, 15) is 27.6 Å². The Morgan fingerprint density at radius 1 is 0.938 bits per heavy atom. The molecular weight excluding hydrogens is 434 g/mol. The normalized spacial score (nSPS) is 17.4. The van der Waals surface area contributed by atoms with Crippen LogP contribution in [0.3, 0.4) is 0 Å². The first kappa shape index (κ1) is 21.4. The van der Waals surface area contributed by atoms with Crippen LogP contribution in [0.4, 0.5) is 0 Å². The number of rotatable bonds is 5. The highest BCUT2D eigenvalue weighted by molar-refractivity contribution is 7.89. The standard InChI is InChI=1S/C22H19N3O6S/c1-24-21(22(29)14-7-3-2-4-8-14)20(15-9-5-6-10-16(15)32(24,30)31)23-17(26)13-25-18(27)11-12-19(25)28/h2-10H,11-13H2,1H3,(H,23,26). The summed E-state index contributed by atoms with van der Waals surface area (Å²) in [5, 5.41) is 2.58. The van der Waals surface area contributed by atoms with Crippen LogP contribution in [0.2, 0.25) is 0 Å². The molecule has 32 heavy (non-hydrogen) atoms. The van der Waals surface area contributed by atoms with Crippen LogP contribution in [0.5, 0.6) is 0 Å². The quantitative estimate of drug-likeness (QED) is 0.535. The lowest BCUT2D eigenvalue weighted by Crippen LogP contribution is -2.43. The van der Waals surface area contributed by atoms with Gasteiger partial charge in [-0.3, -0.25) is 28.4 Å². The van der Waals surface area contributed by atoms with Gasteiger partial charge in [0.1, 0.15) is 12.2 Å². The summed E-state index contributed by atoms with van der Waals surface area (Å²) in [6, 6.07) is 14.1. The molecule has 0 saturated carbocycles. The van der Waals surface area contributed by atoms with Gasteiger partial charge in [-0.25, -0.2) is 8.42 Å². The summed E-state index contributed by atoms with van der Waals surface area (Å²) < 4.78 is 27.0. The van der Waals surface area contributed by atoms with Crippen molar-refractivity contribution in [2.45, 2.75) is 17.7 Å². The second-order valence-electron chi connectivity index (χ2n) is 7.31. The molecule has 0 bridgehead atoms. The van der Waals surface area contributed by atoms with E-state index >= 15 is 0 Å². The number of benzene rings is 2. The van der Waals surface area contributed by atoms with E-state index in [1.54, 1.807) is 24.3 Å². The number of likely N-dealkylation sites (N-methyl/N-ethyl adjacent to an activating group) is 1. The van der Waals surface area contributed by atoms with Crippen molar-refractivity contribution in [2.24, 2.45) is 0 Å². The molecule has 1 saturated heterocycles. The van der Waals surface area contributed by atoms with E-state index in [-0.39, 0.29) is 40.3 Å². The Morgan fingerprint density at radius 2 is 1.53 bits per heavy atom. The molecule has 0 aliphatic carbocycles. The summed E-state index contributed by atoms with van der Waals surface area (Å²) in [5.41, 5.74) is 0.149. The average Bonchev–Trinajstić information content (AvgIpc) is 3.10. The van der Waals surface area contributed by atoms with Gasteiger partial charge in [-0.15, -0.1) is 0 Å². The lowest BCUT2D eigenvalue weighted by Gasteiger charge is -2.31. The van der Waals surface area contributed by atoms with Crippen molar-refractivity contribution in [3.05, 3.63) is 71.4 Å². The fraction of sp³-hybridized carbons (Fsp3) is 0.182. The number of imide groups is 1. The van der Waals surface area contributed by atoms with Crippen LogP contribution in [0.15, 0.2) is 65.2 Å². The van der Waals surface area contributed by atoms with Gasteiger partial charge < -0.3 is 5.32 Å². The molecule has 0 atom stereocenters. The molecule has 164 valence electrons. The molecule has 4 rings (SSSR count). The number of carbonyl (C=O) groups excluding carboxylic acids is 4. The van der Waals surface area contributed by atoms with Crippen LogP contribution in [0.1, 0.15) is 28.8 Å². The van der Waals surface area contributed by atoms with Gasteiger partial charge in [-0.2, -0.15) is 0 Å². The van der Waals surface area contributed by atoms with Gasteiger partial charge in [0.15, 0.2) is 0 Å². The number of fused-ring (bicyclic) bond motifs is 1. The first-order valence-electron chi connectivity index (χ1n) is 9.77. The second kappa shape index (κ2) is 8.04. The molecule has 2 aromatic rings. The summed E-state index contributed by atoms with van der Waals surface area (Å²) in [4.78, 5) is 50.6. The molecular formula is C22H19N3O6S. The van der Waals surface area contributed by atoms with E-state index in [4.69, 9.17) is 0 Å². The van der Waals surface area contributed by atoms with E-state index in [1.165, 1.54) is 37.4 Å². The molecule has 3 amide bonds. The second-order valence-corrected chi connectivity index (χ2v) is 9.25. The number of hydrogen-bond acceptors (Lipinski definition) is 6. The Labute approximate surface area is 184 Å². The molecule has 0 spiro atoms. The van der Waals surface area contributed by atoms with Crippen molar-refractivity contribution in [1.29, 1.82) is 0 Å². The summed E-state index contributed by atoms with van der Waals surface area (Å²) in [5.74, 6) is -2.23. The maximum Gasteiger partial charge on any atom is 0.264 e. The Hall–Kier alpha value is -3.79. The lowest BCUT2D eigenvalue weighted by molar-refractivity contribution is -0.142. The Morgan fingerprint density at radius 3 is 2.19 bits per heavy atom. The van der Waals surface area contributed by atoms with Crippen LogP contribution in [0.25, 0.3) is 5.70 Å². The van der Waals surface area contributed by atoms with Crippen molar-refractivity contribution in [2.75, 3.05) is 13.6 Å². The van der Waals surface area contributed by atoms with Gasteiger partial charge in [0.2, 0.25) is 23.5 Å². The minimum Gasteiger partial charge on any atom is -0.322 e. The highest BCUT2D eigenvalue weighted by Crippen LogP contribution is 2.35. The number of nitrogens with zero attached hydrogens (tertiary/aromatic N) is 2. The predicted octanol–water partition coefficient (Wildman–Crippen LogP) is 1.14. The van der Waals surface area contributed by atoms with Gasteiger partial charge in [-0.05, 0) is 6.07 Å². The monoisotopic (exact) mass is 453 g/mol. The third-order valence-electron chi connectivity index (χ3n) is 5.32. The smallest absolute Gasteiger partial charge is 0.264 e. The van der Waals surface area contributed by atoms with Crippen molar-refractivity contribution >= 4 is 39.2 Å². The van der Waals surface area contributed by atoms with Gasteiger partial charge in [0.25, 0.3) is 10.0 Å². The zero-order valence-electron chi connectivity index (χ0n) is 17.1. The third kappa shape index (κ3) is 3.58. The van der Waals surface area contributed by atoms with E-state index in [0.717, 1.165) is 9.21 Å². The van der Waals surface area contributed by atoms with Crippen molar-refractivity contribution in [3.63, 3.8) is 0 Å². The number of ketones is 1. The predicted molar refractivity (Wildman–Crippen MR) is 113 cm³/mol. The number of sulfonamides is 1. The van der Waals surface area contributed by atoms with Crippen molar-refractivity contribution in [3.8, 4) is 0 Å². The van der Waals surface area contributed by atoms with Crippen molar-refractivity contribution < 1.29 is 27.6 Å². The molecule has 2 aromatic carbocycles. The van der Waals surface area contributed by atoms with Gasteiger partial charge >= 0.3 is 0 Å². The summed E-state index contributed by atoms with van der Waals surface area (Å²) in [7, 11) is -2.81. The molecule has 2 heterocycles. The van der Waals surface area contributed by atoms with Gasteiger partial charge in [0, 0.05) is 31.0 Å². The fourth-order valence-corrected chi connectivity index (χ4v) is 5.09. The maximum absolute atomic E-state index is 13.3. The van der Waals surface area contributed by atoms with Crippen LogP contribution in [-0.4, -0.2) is 54.7 Å². The summed E-state index contributed by atoms with van der Waals surface area (Å²) >= 11 is 0. The minimum atomic E-state index is -4.05. The van der Waals surface area contributed by atoms with E-state index < -0.39 is 40.1 Å². The van der Waals surface area contributed by atoms with Crippen molar-refractivity contribution in [1.82, 2.24) is 14.5 Å². The highest BCUT2D eigenvalue weighted by Gasteiger charge is 2.39. The largest absolute Gasteiger partial charge is 0.322 e. The van der Waals surface area contributed by atoms with Crippen LogP contribution < -0.4 is 5.32 Å². The maximum atomic E-state index is 13.3. The van der Waals surface area contributed by atoms with E-state index in [0.29, 0.717) is 0 Å². The average molecular weight is 453 g/mol. The number of nitrogens with one attached hydrogen (secondary N) is 1. The van der Waals surface area contributed by atoms with E-state index in [2.05, 4.69) is 5.32 Å². The zero-order valence-corrected chi connectivity index (χ0v) is 17.9. The van der Waals surface area contributed by atoms with E-state index in [1.807, 2.05) is 0 Å². The number of allylic oxidation sites excluding steroid dienone is 1. The molecule has 9 nitrogen and oxygen atoms in total. The topological polar surface area (TPSA) is 121 Å². The van der Waals surface area contributed by atoms with Crippen LogP contribution >= 0.6 is 0 Å². The Balaban J connectivity index is 1.81. The Bertz CT molecular complexity index is 1270. The summed E-state index contributed by atoms with van der Waals surface area (Å²) in [6.45, 7) is -0.521. The number of carbonyl (C=O) groups is 4. The van der Waals surface area contributed by atoms with Gasteiger partial charge in [-0.1, -0.05) is 48.5 Å². The molecule has 1 fully saturated rings. The minimum absolute atomic E-state index is 0.00382. The lowest BCUT2D eigenvalue weighted by atomic mass is 10.0. The van der Waals surface area contributed by atoms with Gasteiger partial charge in [0.05, 0.1) is 10.6 Å². The third-order valence-corrected chi connectivity index (χ3v) is 7.13. The highest BCUT2D eigenvalue weighted by atomic mass is 32.2. The molecule has 0 aromatic heterocycles. The molecule has 0 unspecified atom stereocenters. The summed E-state index contributed by atoms with van der Waals surface area (Å²) in [6.07, 6.45) is 0.0761. The SMILES string of the molecule is CN1C(C(=O)c2ccccc2)=C(NC(=O)CN2C(=O)CCC2=O)c2ccccc2S1(=O)=O. The fourth-order valence-electron chi connectivity index (χ4n) is 3.68. The first-order valence-corrected chi connectivity index (χ1v) is 11.2. The molecule has 1 N–H and O–H groups in total. The molecule has 2 aliphatic rings. The Kier molecular flexibility index (Phi) is 5.39. The molecule has 0 radical (unpaired) electrons. The number of amides is 3. The zero-order chi connectivity index (χ0) is 23.0. The number of likely N-dealkylation sites (tertiary alicyclic amines) is 1. The molecule has 2 aliphatic heterocycles. The number of Topliss-reactive ketones (excluding diaryl/α,β-unsaturated/α-hetero) is 1. The van der Waals surface area contributed by atoms with Crippen LogP contribution in [-0.2, 0) is 24.4 Å². The molecule has 10 heteroatoms. The number of hydrogen-bond donors (Lipinski definition) is 1. The first-order chi connectivity index (χ1) is 15.2. The van der Waals surface area contributed by atoms with Crippen LogP contribution in [0, 0.1) is 0 Å².